The molecule has 0 aliphatic carbocycles. The number of aliphatic hydroxyl groups is 1. The van der Waals surface area contributed by atoms with Crippen LogP contribution in [0, 0.1) is 0 Å². The van der Waals surface area contributed by atoms with Gasteiger partial charge < -0.3 is 15.3 Å². The lowest BCUT2D eigenvalue weighted by Crippen LogP contribution is -2.53. The summed E-state index contributed by atoms with van der Waals surface area (Å²) < 4.78 is 0. The number of hydrogen-bond donors (Lipinski definition) is 2. The first-order valence-corrected chi connectivity index (χ1v) is 8.29. The summed E-state index contributed by atoms with van der Waals surface area (Å²) in [5.41, 5.74) is -0.376. The van der Waals surface area contributed by atoms with Crippen molar-refractivity contribution in [3.63, 3.8) is 0 Å². The van der Waals surface area contributed by atoms with Crippen LogP contribution in [0.15, 0.2) is 0 Å². The van der Waals surface area contributed by atoms with E-state index in [2.05, 4.69) is 12.2 Å². The Labute approximate surface area is 123 Å². The molecule has 20 heavy (non-hydrogen) atoms. The second kappa shape index (κ2) is 9.35. The Morgan fingerprint density at radius 3 is 2.50 bits per heavy atom. The molecular formula is C16H32N2O2. The number of hydrogen-bond acceptors (Lipinski definition) is 3. The molecule has 0 aromatic heterocycles. The zero-order valence-corrected chi connectivity index (χ0v) is 13.3. The van der Waals surface area contributed by atoms with Crippen LogP contribution < -0.4 is 5.32 Å². The van der Waals surface area contributed by atoms with Crippen LogP contribution in [-0.4, -0.2) is 47.7 Å². The minimum absolute atomic E-state index is 0.157. The van der Waals surface area contributed by atoms with Gasteiger partial charge in [0.2, 0.25) is 5.91 Å². The van der Waals surface area contributed by atoms with Crippen LogP contribution >= 0.6 is 0 Å². The third-order valence-electron chi connectivity index (χ3n) is 4.25. The summed E-state index contributed by atoms with van der Waals surface area (Å²) in [7, 11) is 0. The van der Waals surface area contributed by atoms with Crippen molar-refractivity contribution in [3.8, 4) is 0 Å². The predicted octanol–water partition coefficient (Wildman–Crippen LogP) is 2.31. The number of carbonyl (C=O) groups excluding carboxylic acids is 1. The highest BCUT2D eigenvalue weighted by Gasteiger charge is 2.38. The second-order valence-electron chi connectivity index (χ2n) is 6.15. The van der Waals surface area contributed by atoms with E-state index in [1.807, 2.05) is 11.8 Å². The van der Waals surface area contributed by atoms with E-state index in [0.717, 1.165) is 32.4 Å². The van der Waals surface area contributed by atoms with Crippen molar-refractivity contribution in [2.45, 2.75) is 70.8 Å². The van der Waals surface area contributed by atoms with E-state index in [9.17, 15) is 4.79 Å². The molecule has 1 unspecified atom stereocenters. The third-order valence-corrected chi connectivity index (χ3v) is 4.25. The van der Waals surface area contributed by atoms with Crippen LogP contribution in [0.5, 0.6) is 0 Å². The smallest absolute Gasteiger partial charge is 0.242 e. The lowest BCUT2D eigenvalue weighted by molar-refractivity contribution is -0.137. The van der Waals surface area contributed by atoms with Gasteiger partial charge in [0.15, 0.2) is 0 Å². The summed E-state index contributed by atoms with van der Waals surface area (Å²) in [5, 5.41) is 12.4. The molecule has 0 aromatic rings. The van der Waals surface area contributed by atoms with Crippen LogP contribution in [0.4, 0.5) is 0 Å². The molecule has 1 aliphatic rings. The number of nitrogens with zero attached hydrogens (tertiary/aromatic N) is 1. The number of aliphatic hydroxyl groups excluding tert-OH is 1. The van der Waals surface area contributed by atoms with Crippen molar-refractivity contribution in [2.75, 3.05) is 26.2 Å². The molecule has 1 rings (SSSR count). The highest BCUT2D eigenvalue weighted by molar-refractivity contribution is 5.86. The molecule has 1 heterocycles. The number of rotatable bonds is 10. The molecule has 1 saturated heterocycles. The Hall–Kier alpha value is -0.610. The Bertz CT molecular complexity index is 276. The van der Waals surface area contributed by atoms with E-state index >= 15 is 0 Å². The fraction of sp³-hybridized carbons (Fsp3) is 0.938. The van der Waals surface area contributed by atoms with Gasteiger partial charge in [-0.2, -0.15) is 0 Å². The number of carbonyl (C=O) groups is 1. The largest absolute Gasteiger partial charge is 0.396 e. The van der Waals surface area contributed by atoms with Crippen molar-refractivity contribution < 1.29 is 9.90 Å². The van der Waals surface area contributed by atoms with Crippen molar-refractivity contribution in [3.05, 3.63) is 0 Å². The minimum atomic E-state index is -0.376. The highest BCUT2D eigenvalue weighted by Crippen LogP contribution is 2.21. The third kappa shape index (κ3) is 5.41. The monoisotopic (exact) mass is 284 g/mol. The molecule has 0 bridgehead atoms. The van der Waals surface area contributed by atoms with Gasteiger partial charge in [-0.15, -0.1) is 0 Å². The molecule has 118 valence electrons. The molecule has 1 amide bonds. The number of nitrogens with one attached hydrogen (secondary N) is 1. The Balaban J connectivity index is 2.43. The SMILES string of the molecule is CCCCCCCN(CCCO)C(=O)C1(C)CCCN1. The number of amides is 1. The van der Waals surface area contributed by atoms with Crippen LogP contribution in [0.2, 0.25) is 0 Å². The summed E-state index contributed by atoms with van der Waals surface area (Å²) in [6.45, 7) is 6.84. The Morgan fingerprint density at radius 1 is 1.20 bits per heavy atom. The van der Waals surface area contributed by atoms with Crippen LogP contribution in [0.25, 0.3) is 0 Å². The molecule has 1 fully saturated rings. The van der Waals surface area contributed by atoms with Crippen LogP contribution in [0.3, 0.4) is 0 Å². The Morgan fingerprint density at radius 2 is 1.90 bits per heavy atom. The minimum Gasteiger partial charge on any atom is -0.396 e. The van der Waals surface area contributed by atoms with Crippen molar-refractivity contribution >= 4 is 5.91 Å². The maximum atomic E-state index is 12.7. The van der Waals surface area contributed by atoms with Crippen molar-refractivity contribution in [2.24, 2.45) is 0 Å². The molecule has 0 aromatic carbocycles. The zero-order chi connectivity index (χ0) is 14.8. The first-order valence-electron chi connectivity index (χ1n) is 8.29. The van der Waals surface area contributed by atoms with Crippen molar-refractivity contribution in [1.82, 2.24) is 10.2 Å². The first kappa shape index (κ1) is 17.4. The summed E-state index contributed by atoms with van der Waals surface area (Å²) in [6.07, 6.45) is 8.74. The quantitative estimate of drug-likeness (QED) is 0.605. The molecule has 0 saturated carbocycles. The van der Waals surface area contributed by atoms with Gasteiger partial charge in [-0.25, -0.2) is 0 Å². The molecule has 4 heteroatoms. The molecule has 2 N–H and O–H groups in total. The lowest BCUT2D eigenvalue weighted by atomic mass is 9.98. The average Bonchev–Trinajstić information content (AvgIpc) is 2.89. The van der Waals surface area contributed by atoms with E-state index in [1.54, 1.807) is 0 Å². The van der Waals surface area contributed by atoms with Gasteiger partial charge in [-0.3, -0.25) is 4.79 Å². The van der Waals surface area contributed by atoms with E-state index in [1.165, 1.54) is 25.7 Å². The standard InChI is InChI=1S/C16H32N2O2/c1-3-4-5-6-7-12-18(13-9-14-19)15(20)16(2)10-8-11-17-16/h17,19H,3-14H2,1-2H3. The first-order chi connectivity index (χ1) is 9.64. The molecule has 4 nitrogen and oxygen atoms in total. The average molecular weight is 284 g/mol. The fourth-order valence-electron chi connectivity index (χ4n) is 2.91. The molecule has 0 spiro atoms. The summed E-state index contributed by atoms with van der Waals surface area (Å²) in [4.78, 5) is 14.6. The highest BCUT2D eigenvalue weighted by atomic mass is 16.3. The predicted molar refractivity (Wildman–Crippen MR) is 82.7 cm³/mol. The van der Waals surface area contributed by atoms with E-state index in [0.29, 0.717) is 13.0 Å². The summed E-state index contributed by atoms with van der Waals surface area (Å²) in [6, 6.07) is 0. The van der Waals surface area contributed by atoms with Gasteiger partial charge >= 0.3 is 0 Å². The summed E-state index contributed by atoms with van der Waals surface area (Å²) in [5.74, 6) is 0.221. The maximum absolute atomic E-state index is 12.7. The molecular weight excluding hydrogens is 252 g/mol. The molecule has 1 aliphatic heterocycles. The van der Waals surface area contributed by atoms with Gasteiger partial charge in [-0.05, 0) is 39.2 Å². The van der Waals surface area contributed by atoms with E-state index in [4.69, 9.17) is 5.11 Å². The lowest BCUT2D eigenvalue weighted by Gasteiger charge is -2.32. The normalized spacial score (nSPS) is 22.1. The van der Waals surface area contributed by atoms with Crippen LogP contribution in [0.1, 0.15) is 65.2 Å². The van der Waals surface area contributed by atoms with Gasteiger partial charge in [0.1, 0.15) is 0 Å². The molecule has 1 atom stereocenters. The molecule has 0 radical (unpaired) electrons. The van der Waals surface area contributed by atoms with Gasteiger partial charge in [-0.1, -0.05) is 32.6 Å². The fourth-order valence-corrected chi connectivity index (χ4v) is 2.91. The van der Waals surface area contributed by atoms with Crippen LogP contribution in [-0.2, 0) is 4.79 Å². The van der Waals surface area contributed by atoms with Gasteiger partial charge in [0.05, 0.1) is 5.54 Å². The maximum Gasteiger partial charge on any atom is 0.242 e. The Kier molecular flexibility index (Phi) is 8.15. The number of unbranched alkanes of at least 4 members (excludes halogenated alkanes) is 4. The van der Waals surface area contributed by atoms with Crippen molar-refractivity contribution in [1.29, 1.82) is 0 Å². The summed E-state index contributed by atoms with van der Waals surface area (Å²) >= 11 is 0. The van der Waals surface area contributed by atoms with Gasteiger partial charge in [0, 0.05) is 19.7 Å². The topological polar surface area (TPSA) is 52.6 Å². The van der Waals surface area contributed by atoms with E-state index in [-0.39, 0.29) is 18.1 Å². The zero-order valence-electron chi connectivity index (χ0n) is 13.3. The second-order valence-corrected chi connectivity index (χ2v) is 6.15. The van der Waals surface area contributed by atoms with Gasteiger partial charge in [0.25, 0.3) is 0 Å². The van der Waals surface area contributed by atoms with E-state index < -0.39 is 0 Å².